The molecule has 2 heterocycles. The van der Waals surface area contributed by atoms with Crippen molar-refractivity contribution < 1.29 is 8.83 Å². The average molecular weight is 1180 g/mol. The fraction of sp³-hybridized carbons (Fsp3) is 0.126. The Kier molecular flexibility index (Phi) is 13.7. The maximum absolute atomic E-state index is 7.44. The van der Waals surface area contributed by atoms with Gasteiger partial charge in [0, 0.05) is 55.1 Å². The third-order valence-corrected chi connectivity index (χ3v) is 19.5. The number of hydrogen-bond acceptors (Lipinski definition) is 4. The summed E-state index contributed by atoms with van der Waals surface area (Å²) in [4.78, 5) is 4.92. The number of fused-ring (bicyclic) bond motifs is 11. The van der Waals surface area contributed by atoms with E-state index in [1.165, 1.54) is 72.1 Å². The normalized spacial score (nSPS) is 12.7. The van der Waals surface area contributed by atoms with Gasteiger partial charge in [-0.3, -0.25) is 0 Å². The maximum atomic E-state index is 7.44. The summed E-state index contributed by atoms with van der Waals surface area (Å²) in [5, 5.41) is 6.65. The lowest BCUT2D eigenvalue weighted by atomic mass is 9.67. The van der Waals surface area contributed by atoms with Crippen molar-refractivity contribution in [2.24, 2.45) is 0 Å². The molecule has 16 rings (SSSR count). The highest BCUT2D eigenvalue weighted by Crippen LogP contribution is 2.61. The van der Waals surface area contributed by atoms with Crippen molar-refractivity contribution >= 4 is 88.8 Å². The van der Waals surface area contributed by atoms with Gasteiger partial charge >= 0.3 is 0 Å². The van der Waals surface area contributed by atoms with Crippen LogP contribution in [-0.2, 0) is 18.3 Å². The van der Waals surface area contributed by atoms with E-state index in [1.807, 2.05) is 0 Å². The molecule has 0 saturated carbocycles. The van der Waals surface area contributed by atoms with Crippen LogP contribution in [0.5, 0.6) is 0 Å². The highest BCUT2D eigenvalue weighted by molar-refractivity contribution is 6.17. The zero-order chi connectivity index (χ0) is 61.5. The van der Waals surface area contributed by atoms with Crippen LogP contribution in [0.25, 0.3) is 88.0 Å². The number of anilines is 6. The van der Waals surface area contributed by atoms with E-state index < -0.39 is 5.41 Å². The standard InChI is InChI=1S/C87H70N2O2/c1-7-57-25-15-17-31-66(57)70-35-21-37-72-74-39-23-41-79(85(74)90-83(70)72)88(63-47-43-59(44-48-63)55(3)4)65-51-52-76-77(53-65)87(61-27-11-9-12-28-61,62-29-13-10-14-30-62)78-54-81(68-33-19-20-34-69(68)82(76)78)89(64-49-45-60(46-50-64)56(5)6)80-42-24-40-75-73-38-22-36-71(84(73)91-86(75)80)67-32-18-16-26-58(67)8-2/h9-56H,7-8H2,1-6H3. The zero-order valence-electron chi connectivity index (χ0n) is 52.3. The van der Waals surface area contributed by atoms with Gasteiger partial charge in [-0.15, -0.1) is 0 Å². The quantitative estimate of drug-likeness (QED) is 0.109. The first-order valence-corrected chi connectivity index (χ1v) is 32.4. The van der Waals surface area contributed by atoms with Crippen molar-refractivity contribution in [3.8, 4) is 33.4 Å². The molecule has 0 amide bonds. The molecule has 0 N–H and O–H groups in total. The van der Waals surface area contributed by atoms with E-state index in [1.54, 1.807) is 0 Å². The molecule has 0 saturated heterocycles. The number of aryl methyl sites for hydroxylation is 2. The second kappa shape index (κ2) is 22.4. The minimum Gasteiger partial charge on any atom is -0.453 e. The first-order chi connectivity index (χ1) is 44.7. The molecule has 4 heteroatoms. The monoisotopic (exact) mass is 1170 g/mol. The molecular weight excluding hydrogens is 1100 g/mol. The molecule has 0 atom stereocenters. The maximum Gasteiger partial charge on any atom is 0.159 e. The van der Waals surface area contributed by atoms with E-state index in [2.05, 4.69) is 330 Å². The van der Waals surface area contributed by atoms with Crippen molar-refractivity contribution in [1.29, 1.82) is 0 Å². The number of nitrogens with zero attached hydrogens (tertiary/aromatic N) is 2. The van der Waals surface area contributed by atoms with Crippen molar-refractivity contribution in [3.05, 3.63) is 324 Å². The molecule has 0 bridgehead atoms. The lowest BCUT2D eigenvalue weighted by molar-refractivity contribution is 0.669. The van der Waals surface area contributed by atoms with Crippen LogP contribution in [0, 0.1) is 0 Å². The van der Waals surface area contributed by atoms with E-state index in [9.17, 15) is 0 Å². The van der Waals surface area contributed by atoms with E-state index in [-0.39, 0.29) is 0 Å². The van der Waals surface area contributed by atoms with Gasteiger partial charge in [0.25, 0.3) is 0 Å². The van der Waals surface area contributed by atoms with Crippen LogP contribution < -0.4 is 9.80 Å². The number of hydrogen-bond donors (Lipinski definition) is 0. The topological polar surface area (TPSA) is 32.8 Å². The van der Waals surface area contributed by atoms with Gasteiger partial charge in [0.2, 0.25) is 0 Å². The molecule has 1 aliphatic rings. The third-order valence-electron chi connectivity index (χ3n) is 19.5. The molecule has 13 aromatic carbocycles. The van der Waals surface area contributed by atoms with Crippen LogP contribution in [0.1, 0.15) is 97.9 Å². The summed E-state index contributed by atoms with van der Waals surface area (Å²) in [5.41, 5.74) is 25.7. The van der Waals surface area contributed by atoms with Gasteiger partial charge in [-0.2, -0.15) is 0 Å². The average Bonchev–Trinajstić information content (AvgIpc) is 1.54. The number of benzene rings is 13. The van der Waals surface area contributed by atoms with Crippen molar-refractivity contribution in [1.82, 2.24) is 0 Å². The Morgan fingerprint density at radius 2 is 0.714 bits per heavy atom. The molecule has 15 aromatic rings. The summed E-state index contributed by atoms with van der Waals surface area (Å²) in [6, 6.07) is 104. The minimum absolute atomic E-state index is 0.357. The Labute approximate surface area is 532 Å². The number of para-hydroxylation sites is 4. The number of furan rings is 2. The first-order valence-electron chi connectivity index (χ1n) is 32.4. The van der Waals surface area contributed by atoms with E-state index in [0.29, 0.717) is 11.8 Å². The molecule has 1 aliphatic carbocycles. The van der Waals surface area contributed by atoms with Crippen molar-refractivity contribution in [2.75, 3.05) is 9.80 Å². The molecule has 0 aliphatic heterocycles. The molecule has 4 nitrogen and oxygen atoms in total. The minimum atomic E-state index is -0.817. The summed E-state index contributed by atoms with van der Waals surface area (Å²) in [6.45, 7) is 13.5. The Morgan fingerprint density at radius 1 is 0.308 bits per heavy atom. The van der Waals surface area contributed by atoms with Gasteiger partial charge in [0.15, 0.2) is 11.2 Å². The first kappa shape index (κ1) is 55.6. The third kappa shape index (κ3) is 8.86. The van der Waals surface area contributed by atoms with Crippen LogP contribution in [0.2, 0.25) is 0 Å². The van der Waals surface area contributed by atoms with Crippen LogP contribution in [-0.4, -0.2) is 0 Å². The summed E-state index contributed by atoms with van der Waals surface area (Å²) in [7, 11) is 0. The van der Waals surface area contributed by atoms with E-state index >= 15 is 0 Å². The summed E-state index contributed by atoms with van der Waals surface area (Å²) < 4.78 is 14.8. The van der Waals surface area contributed by atoms with Gasteiger partial charge in [-0.05, 0) is 151 Å². The molecule has 440 valence electrons. The zero-order valence-corrected chi connectivity index (χ0v) is 52.3. The Bertz CT molecular complexity index is 5220. The summed E-state index contributed by atoms with van der Waals surface area (Å²) in [6.07, 6.45) is 1.84. The Morgan fingerprint density at radius 3 is 1.22 bits per heavy atom. The lowest BCUT2D eigenvalue weighted by Crippen LogP contribution is -2.29. The fourth-order valence-electron chi connectivity index (χ4n) is 15.1. The summed E-state index contributed by atoms with van der Waals surface area (Å²) in [5.74, 6) is 0.723. The Balaban J connectivity index is 0.974. The van der Waals surface area contributed by atoms with E-state index in [0.717, 1.165) is 107 Å². The predicted octanol–water partition coefficient (Wildman–Crippen LogP) is 24.6. The molecule has 91 heavy (non-hydrogen) atoms. The Hall–Kier alpha value is -10.7. The molecule has 2 aromatic heterocycles. The van der Waals surface area contributed by atoms with Crippen LogP contribution in [0.4, 0.5) is 34.1 Å². The molecule has 0 radical (unpaired) electrons. The largest absolute Gasteiger partial charge is 0.453 e. The lowest BCUT2D eigenvalue weighted by Gasteiger charge is -2.36. The molecular formula is C87H70N2O2. The van der Waals surface area contributed by atoms with Crippen molar-refractivity contribution in [2.45, 2.75) is 71.6 Å². The van der Waals surface area contributed by atoms with Gasteiger partial charge in [-0.25, -0.2) is 0 Å². The summed E-state index contributed by atoms with van der Waals surface area (Å²) >= 11 is 0. The smallest absolute Gasteiger partial charge is 0.159 e. The highest BCUT2D eigenvalue weighted by Gasteiger charge is 2.48. The van der Waals surface area contributed by atoms with Crippen LogP contribution >= 0.6 is 0 Å². The van der Waals surface area contributed by atoms with Crippen LogP contribution in [0.15, 0.2) is 288 Å². The number of rotatable bonds is 14. The highest BCUT2D eigenvalue weighted by atomic mass is 16.3. The fourth-order valence-corrected chi connectivity index (χ4v) is 15.1. The SMILES string of the molecule is CCc1ccccc1-c1cccc2c1oc1c(N(c3ccc(C(C)C)cc3)c3ccc4c(c3)C(c3ccccc3)(c3ccccc3)c3cc(N(c5ccc(C(C)C)cc5)c5cccc6c5oc5c(-c7ccccc7CC)cccc56)c5ccccc5c3-4)cccc12. The van der Waals surface area contributed by atoms with Gasteiger partial charge in [0.1, 0.15) is 11.2 Å². The van der Waals surface area contributed by atoms with E-state index in [4.69, 9.17) is 8.83 Å². The van der Waals surface area contributed by atoms with Crippen molar-refractivity contribution in [3.63, 3.8) is 0 Å². The second-order valence-corrected chi connectivity index (χ2v) is 25.1. The van der Waals surface area contributed by atoms with Gasteiger partial charge in [-0.1, -0.05) is 266 Å². The second-order valence-electron chi connectivity index (χ2n) is 25.1. The predicted molar refractivity (Wildman–Crippen MR) is 383 cm³/mol. The van der Waals surface area contributed by atoms with Gasteiger partial charge in [0.05, 0.1) is 22.5 Å². The van der Waals surface area contributed by atoms with Crippen LogP contribution in [0.3, 0.4) is 0 Å². The van der Waals surface area contributed by atoms with Gasteiger partial charge < -0.3 is 18.6 Å². The molecule has 0 spiro atoms. The molecule has 0 unspecified atom stereocenters. The molecule has 0 fully saturated rings.